The topological polar surface area (TPSA) is 60.8 Å². The molecule has 0 spiro atoms. The number of carbonyl (C=O) groups is 1. The predicted octanol–water partition coefficient (Wildman–Crippen LogP) is 0.651. The van der Waals surface area contributed by atoms with Gasteiger partial charge in [0.2, 0.25) is 0 Å². The predicted molar refractivity (Wildman–Crippen MR) is 78.4 cm³/mol. The van der Waals surface area contributed by atoms with Gasteiger partial charge in [-0.05, 0) is 19.9 Å². The highest BCUT2D eigenvalue weighted by Gasteiger charge is 2.35. The zero-order chi connectivity index (χ0) is 15.6. The summed E-state index contributed by atoms with van der Waals surface area (Å²) in [5, 5.41) is 0. The number of hydrogen-bond acceptors (Lipinski definition) is 4. The Bertz CT molecular complexity index is 579. The molecule has 0 aromatic carbocycles. The Labute approximate surface area is 124 Å². The summed E-state index contributed by atoms with van der Waals surface area (Å²) in [5.74, 6) is -0.148. The van der Waals surface area contributed by atoms with Gasteiger partial charge in [-0.2, -0.15) is 0 Å². The van der Waals surface area contributed by atoms with Crippen molar-refractivity contribution in [3.8, 4) is 0 Å². The van der Waals surface area contributed by atoms with E-state index in [1.54, 1.807) is 31.3 Å². The molecule has 2 rings (SSSR count). The van der Waals surface area contributed by atoms with Gasteiger partial charge >= 0.3 is 0 Å². The molecule has 1 atom stereocenters. The third-order valence-corrected chi connectivity index (χ3v) is 3.47. The molecule has 0 bridgehead atoms. The van der Waals surface area contributed by atoms with E-state index in [4.69, 9.17) is 9.47 Å². The van der Waals surface area contributed by atoms with E-state index in [-0.39, 0.29) is 17.6 Å². The fourth-order valence-corrected chi connectivity index (χ4v) is 2.59. The van der Waals surface area contributed by atoms with E-state index in [9.17, 15) is 9.59 Å². The van der Waals surface area contributed by atoms with Crippen LogP contribution in [-0.4, -0.2) is 53.9 Å². The Morgan fingerprint density at radius 3 is 2.86 bits per heavy atom. The van der Waals surface area contributed by atoms with Crippen LogP contribution in [0.2, 0.25) is 0 Å². The third kappa shape index (κ3) is 3.71. The van der Waals surface area contributed by atoms with Crippen molar-refractivity contribution in [2.75, 3.05) is 26.8 Å². The average Bonchev–Trinajstić information content (AvgIpc) is 2.39. The van der Waals surface area contributed by atoms with Crippen molar-refractivity contribution in [3.05, 3.63) is 34.2 Å². The first-order valence-electron chi connectivity index (χ1n) is 6.95. The summed E-state index contributed by atoms with van der Waals surface area (Å²) in [5.41, 5.74) is -0.217. The van der Waals surface area contributed by atoms with E-state index in [2.05, 4.69) is 0 Å². The summed E-state index contributed by atoms with van der Waals surface area (Å²) in [6.07, 6.45) is 1.45. The minimum atomic E-state index is -0.434. The second-order valence-corrected chi connectivity index (χ2v) is 6.01. The van der Waals surface area contributed by atoms with Crippen molar-refractivity contribution in [1.29, 1.82) is 0 Å². The van der Waals surface area contributed by atoms with Gasteiger partial charge in [-0.25, -0.2) is 0 Å². The summed E-state index contributed by atoms with van der Waals surface area (Å²) < 4.78 is 12.5. The van der Waals surface area contributed by atoms with Crippen molar-refractivity contribution < 1.29 is 14.3 Å². The van der Waals surface area contributed by atoms with Crippen LogP contribution < -0.4 is 5.56 Å². The molecule has 6 nitrogen and oxygen atoms in total. The SMILES string of the molecule is COCC1CN(C(=O)c2ccn(C)c(=O)c2)CC(C)(C)O1. The van der Waals surface area contributed by atoms with Gasteiger partial charge < -0.3 is 18.9 Å². The largest absolute Gasteiger partial charge is 0.382 e. The Hall–Kier alpha value is -1.66. The fourth-order valence-electron chi connectivity index (χ4n) is 2.59. The first kappa shape index (κ1) is 15.7. The lowest BCUT2D eigenvalue weighted by molar-refractivity contribution is -0.143. The summed E-state index contributed by atoms with van der Waals surface area (Å²) >= 11 is 0. The van der Waals surface area contributed by atoms with Crippen LogP contribution in [0.25, 0.3) is 0 Å². The van der Waals surface area contributed by atoms with Crippen LogP contribution in [0, 0.1) is 0 Å². The van der Waals surface area contributed by atoms with E-state index in [1.165, 1.54) is 10.6 Å². The molecule has 116 valence electrons. The van der Waals surface area contributed by atoms with Crippen LogP contribution in [-0.2, 0) is 16.5 Å². The lowest BCUT2D eigenvalue weighted by atomic mass is 10.0. The standard InChI is InChI=1S/C15H22N2O4/c1-15(2)10-17(8-12(21-15)9-20-4)14(19)11-5-6-16(3)13(18)7-11/h5-7,12H,8-10H2,1-4H3. The van der Waals surface area contributed by atoms with Crippen molar-refractivity contribution in [3.63, 3.8) is 0 Å². The molecule has 1 aromatic rings. The number of pyridine rings is 1. The zero-order valence-electron chi connectivity index (χ0n) is 13.0. The fraction of sp³-hybridized carbons (Fsp3) is 0.600. The van der Waals surface area contributed by atoms with Gasteiger partial charge in [0.25, 0.3) is 11.5 Å². The number of morpholine rings is 1. The summed E-state index contributed by atoms with van der Waals surface area (Å²) in [6, 6.07) is 3.04. The normalized spacial score (nSPS) is 21.3. The molecular weight excluding hydrogens is 272 g/mol. The monoisotopic (exact) mass is 294 g/mol. The Morgan fingerprint density at radius 1 is 1.52 bits per heavy atom. The molecule has 1 amide bonds. The molecule has 1 aliphatic rings. The Balaban J connectivity index is 2.20. The van der Waals surface area contributed by atoms with Crippen molar-refractivity contribution in [2.45, 2.75) is 25.6 Å². The number of amides is 1. The third-order valence-electron chi connectivity index (χ3n) is 3.47. The van der Waals surface area contributed by atoms with Gasteiger partial charge in [-0.15, -0.1) is 0 Å². The first-order valence-corrected chi connectivity index (χ1v) is 6.95. The first-order chi connectivity index (χ1) is 9.82. The number of rotatable bonds is 3. The Morgan fingerprint density at radius 2 is 2.24 bits per heavy atom. The molecule has 0 N–H and O–H groups in total. The highest BCUT2D eigenvalue weighted by molar-refractivity contribution is 5.94. The molecule has 0 saturated carbocycles. The van der Waals surface area contributed by atoms with Crippen molar-refractivity contribution >= 4 is 5.91 Å². The van der Waals surface area contributed by atoms with Gasteiger partial charge in [0.15, 0.2) is 0 Å². The van der Waals surface area contributed by atoms with Gasteiger partial charge in [-0.1, -0.05) is 0 Å². The number of carbonyl (C=O) groups excluding carboxylic acids is 1. The summed E-state index contributed by atoms with van der Waals surface area (Å²) in [6.45, 7) is 5.27. The number of ether oxygens (including phenoxy) is 2. The van der Waals surface area contributed by atoms with Crippen LogP contribution in [0.1, 0.15) is 24.2 Å². The molecule has 1 aromatic heterocycles. The molecule has 21 heavy (non-hydrogen) atoms. The molecule has 1 unspecified atom stereocenters. The van der Waals surface area contributed by atoms with Gasteiger partial charge in [0, 0.05) is 45.1 Å². The number of methoxy groups -OCH3 is 1. The summed E-state index contributed by atoms with van der Waals surface area (Å²) in [7, 11) is 3.26. The van der Waals surface area contributed by atoms with E-state index < -0.39 is 5.60 Å². The number of hydrogen-bond donors (Lipinski definition) is 0. The highest BCUT2D eigenvalue weighted by atomic mass is 16.5. The average molecular weight is 294 g/mol. The lowest BCUT2D eigenvalue weighted by Crippen LogP contribution is -2.55. The van der Waals surface area contributed by atoms with Crippen LogP contribution >= 0.6 is 0 Å². The Kier molecular flexibility index (Phi) is 4.49. The maximum absolute atomic E-state index is 12.6. The van der Waals surface area contributed by atoms with Crippen molar-refractivity contribution in [2.24, 2.45) is 7.05 Å². The second kappa shape index (κ2) is 5.99. The molecule has 1 aliphatic heterocycles. The second-order valence-electron chi connectivity index (χ2n) is 6.01. The van der Waals surface area contributed by atoms with E-state index in [1.807, 2.05) is 13.8 Å². The maximum Gasteiger partial charge on any atom is 0.254 e. The molecular formula is C15H22N2O4. The molecule has 1 saturated heterocycles. The molecule has 6 heteroatoms. The minimum Gasteiger partial charge on any atom is -0.382 e. The van der Waals surface area contributed by atoms with Crippen LogP contribution in [0.15, 0.2) is 23.1 Å². The molecule has 0 radical (unpaired) electrons. The molecule has 0 aliphatic carbocycles. The quantitative estimate of drug-likeness (QED) is 0.821. The lowest BCUT2D eigenvalue weighted by Gasteiger charge is -2.42. The zero-order valence-corrected chi connectivity index (χ0v) is 13.0. The van der Waals surface area contributed by atoms with Crippen LogP contribution in [0.4, 0.5) is 0 Å². The molecule has 1 fully saturated rings. The smallest absolute Gasteiger partial charge is 0.254 e. The maximum atomic E-state index is 12.6. The van der Waals surface area contributed by atoms with Crippen molar-refractivity contribution in [1.82, 2.24) is 9.47 Å². The van der Waals surface area contributed by atoms with Gasteiger partial charge in [0.05, 0.1) is 18.3 Å². The van der Waals surface area contributed by atoms with E-state index in [0.717, 1.165) is 0 Å². The van der Waals surface area contributed by atoms with Gasteiger partial charge in [-0.3, -0.25) is 9.59 Å². The number of nitrogens with zero attached hydrogens (tertiary/aromatic N) is 2. The summed E-state index contributed by atoms with van der Waals surface area (Å²) in [4.78, 5) is 26.0. The number of aromatic nitrogens is 1. The van der Waals surface area contributed by atoms with E-state index >= 15 is 0 Å². The van der Waals surface area contributed by atoms with Crippen LogP contribution in [0.3, 0.4) is 0 Å². The van der Waals surface area contributed by atoms with Crippen LogP contribution in [0.5, 0.6) is 0 Å². The molecule has 2 heterocycles. The van der Waals surface area contributed by atoms with E-state index in [0.29, 0.717) is 25.3 Å². The number of aryl methyl sites for hydroxylation is 1. The minimum absolute atomic E-state index is 0.148. The van der Waals surface area contributed by atoms with Gasteiger partial charge in [0.1, 0.15) is 0 Å². The highest BCUT2D eigenvalue weighted by Crippen LogP contribution is 2.22.